The fourth-order valence-corrected chi connectivity index (χ4v) is 3.55. The second-order valence-electron chi connectivity index (χ2n) is 5.57. The summed E-state index contributed by atoms with van der Waals surface area (Å²) in [4.78, 5) is 12.9. The van der Waals surface area contributed by atoms with Crippen molar-refractivity contribution in [3.05, 3.63) is 6.33 Å². The average Bonchev–Trinajstić information content (AvgIpc) is 2.97. The van der Waals surface area contributed by atoms with Crippen LogP contribution in [0.5, 0.6) is 5.88 Å². The quantitative estimate of drug-likeness (QED) is 0.930. The average molecular weight is 275 g/mol. The minimum absolute atomic E-state index is 0.365. The van der Waals surface area contributed by atoms with E-state index >= 15 is 0 Å². The van der Waals surface area contributed by atoms with Gasteiger partial charge in [0.15, 0.2) is 11.2 Å². The number of hydrogen-bond acceptors (Lipinski definition) is 5. The predicted octanol–water partition coefficient (Wildman–Crippen LogP) is 2.41. The number of fused-ring (bicyclic) bond motifs is 1. The van der Waals surface area contributed by atoms with Crippen molar-refractivity contribution in [1.82, 2.24) is 19.5 Å². The van der Waals surface area contributed by atoms with E-state index in [0.29, 0.717) is 29.3 Å². The van der Waals surface area contributed by atoms with Crippen LogP contribution in [-0.4, -0.2) is 26.6 Å². The van der Waals surface area contributed by atoms with Crippen molar-refractivity contribution < 1.29 is 4.74 Å². The highest BCUT2D eigenvalue weighted by atomic mass is 16.5. The Morgan fingerprint density at radius 2 is 2.20 bits per heavy atom. The summed E-state index contributed by atoms with van der Waals surface area (Å²) in [7, 11) is 1.59. The molecule has 108 valence electrons. The number of nitrogens with two attached hydrogens (primary N) is 1. The molecule has 0 amide bonds. The summed E-state index contributed by atoms with van der Waals surface area (Å²) < 4.78 is 7.31. The van der Waals surface area contributed by atoms with Gasteiger partial charge in [-0.25, -0.2) is 9.97 Å². The first-order valence-corrected chi connectivity index (χ1v) is 7.19. The molecule has 2 heterocycles. The highest BCUT2D eigenvalue weighted by Crippen LogP contribution is 2.44. The summed E-state index contributed by atoms with van der Waals surface area (Å²) in [5.74, 6) is 2.33. The van der Waals surface area contributed by atoms with Gasteiger partial charge in [-0.3, -0.25) is 4.57 Å². The van der Waals surface area contributed by atoms with Gasteiger partial charge < -0.3 is 10.5 Å². The maximum Gasteiger partial charge on any atom is 0.245 e. The minimum atomic E-state index is 0.365. The first-order valence-electron chi connectivity index (χ1n) is 7.19. The molecule has 2 aromatic heterocycles. The third kappa shape index (κ3) is 1.82. The van der Waals surface area contributed by atoms with Gasteiger partial charge >= 0.3 is 0 Å². The van der Waals surface area contributed by atoms with E-state index in [9.17, 15) is 0 Å². The monoisotopic (exact) mass is 275 g/mol. The molecule has 0 spiro atoms. The topological polar surface area (TPSA) is 78.9 Å². The lowest BCUT2D eigenvalue weighted by Gasteiger charge is -2.22. The minimum Gasteiger partial charge on any atom is -0.479 e. The summed E-state index contributed by atoms with van der Waals surface area (Å²) in [5, 5.41) is 0. The molecule has 0 aliphatic heterocycles. The Morgan fingerprint density at radius 3 is 2.85 bits per heavy atom. The van der Waals surface area contributed by atoms with Gasteiger partial charge in [0.05, 0.1) is 7.11 Å². The van der Waals surface area contributed by atoms with E-state index in [-0.39, 0.29) is 0 Å². The molecular weight excluding hydrogens is 254 g/mol. The van der Waals surface area contributed by atoms with Crippen LogP contribution in [0.2, 0.25) is 0 Å². The fourth-order valence-electron chi connectivity index (χ4n) is 3.55. The lowest BCUT2D eigenvalue weighted by Crippen LogP contribution is -2.17. The first-order chi connectivity index (χ1) is 9.67. The maximum absolute atomic E-state index is 6.13. The number of imidazole rings is 1. The molecule has 1 aliphatic rings. The summed E-state index contributed by atoms with van der Waals surface area (Å²) in [6.45, 7) is 4.56. The van der Waals surface area contributed by atoms with E-state index < -0.39 is 0 Å². The van der Waals surface area contributed by atoms with Gasteiger partial charge in [-0.1, -0.05) is 20.3 Å². The second-order valence-corrected chi connectivity index (χ2v) is 5.57. The van der Waals surface area contributed by atoms with E-state index in [0.717, 1.165) is 18.0 Å². The fraction of sp³-hybridized carbons (Fsp3) is 0.643. The van der Waals surface area contributed by atoms with Crippen molar-refractivity contribution in [2.45, 2.75) is 39.2 Å². The SMILES string of the molecule is CCC1CCC(n2c(N)nc3c(OC)ncnc32)C1C. The molecule has 2 aromatic rings. The molecule has 3 rings (SSSR count). The molecule has 0 aromatic carbocycles. The van der Waals surface area contributed by atoms with Gasteiger partial charge in [-0.05, 0) is 24.7 Å². The number of anilines is 1. The smallest absolute Gasteiger partial charge is 0.245 e. The van der Waals surface area contributed by atoms with Crippen LogP contribution in [0.3, 0.4) is 0 Å². The first kappa shape index (κ1) is 13.1. The lowest BCUT2D eigenvalue weighted by molar-refractivity contribution is 0.335. The van der Waals surface area contributed by atoms with E-state index in [1.54, 1.807) is 7.11 Å². The van der Waals surface area contributed by atoms with Gasteiger partial charge in [-0.2, -0.15) is 4.98 Å². The summed E-state index contributed by atoms with van der Waals surface area (Å²) in [6, 6.07) is 0.365. The third-order valence-electron chi connectivity index (χ3n) is 4.70. The highest BCUT2D eigenvalue weighted by Gasteiger charge is 2.35. The molecule has 0 saturated heterocycles. The van der Waals surface area contributed by atoms with Crippen LogP contribution in [0.25, 0.3) is 11.2 Å². The lowest BCUT2D eigenvalue weighted by atomic mass is 9.93. The number of rotatable bonds is 3. The predicted molar refractivity (Wildman–Crippen MR) is 77.5 cm³/mol. The van der Waals surface area contributed by atoms with E-state index in [1.165, 1.54) is 19.2 Å². The third-order valence-corrected chi connectivity index (χ3v) is 4.70. The molecule has 1 aliphatic carbocycles. The number of methoxy groups -OCH3 is 1. The highest BCUT2D eigenvalue weighted by molar-refractivity contribution is 5.79. The second kappa shape index (κ2) is 4.92. The zero-order chi connectivity index (χ0) is 14.3. The van der Waals surface area contributed by atoms with Crippen molar-refractivity contribution in [2.24, 2.45) is 11.8 Å². The Bertz CT molecular complexity index is 623. The summed E-state index contributed by atoms with van der Waals surface area (Å²) in [6.07, 6.45) is 5.09. The number of aromatic nitrogens is 4. The molecule has 3 unspecified atom stereocenters. The van der Waals surface area contributed by atoms with Crippen molar-refractivity contribution >= 4 is 17.1 Å². The van der Waals surface area contributed by atoms with Gasteiger partial charge in [0.2, 0.25) is 11.8 Å². The number of hydrogen-bond donors (Lipinski definition) is 1. The Hall–Kier alpha value is -1.85. The Kier molecular flexibility index (Phi) is 3.23. The molecule has 0 bridgehead atoms. The molecule has 1 saturated carbocycles. The van der Waals surface area contributed by atoms with Crippen molar-refractivity contribution in [2.75, 3.05) is 12.8 Å². The molecule has 6 heteroatoms. The number of nitrogen functional groups attached to an aromatic ring is 1. The summed E-state index contributed by atoms with van der Waals surface area (Å²) in [5.41, 5.74) is 7.57. The van der Waals surface area contributed by atoms with E-state index in [2.05, 4.69) is 33.4 Å². The zero-order valence-corrected chi connectivity index (χ0v) is 12.2. The zero-order valence-electron chi connectivity index (χ0n) is 12.2. The van der Waals surface area contributed by atoms with Gasteiger partial charge in [0, 0.05) is 6.04 Å². The van der Waals surface area contributed by atoms with Crippen LogP contribution in [0.4, 0.5) is 5.95 Å². The van der Waals surface area contributed by atoms with E-state index in [1.807, 2.05) is 0 Å². The molecule has 6 nitrogen and oxygen atoms in total. The van der Waals surface area contributed by atoms with Crippen molar-refractivity contribution in [3.63, 3.8) is 0 Å². The van der Waals surface area contributed by atoms with Gasteiger partial charge in [0.25, 0.3) is 0 Å². The number of nitrogens with zero attached hydrogens (tertiary/aromatic N) is 4. The largest absolute Gasteiger partial charge is 0.479 e. The Morgan fingerprint density at radius 1 is 1.40 bits per heavy atom. The normalized spacial score (nSPS) is 26.2. The van der Waals surface area contributed by atoms with Crippen LogP contribution in [-0.2, 0) is 0 Å². The molecule has 20 heavy (non-hydrogen) atoms. The van der Waals surface area contributed by atoms with E-state index in [4.69, 9.17) is 10.5 Å². The van der Waals surface area contributed by atoms with Crippen LogP contribution in [0, 0.1) is 11.8 Å². The number of ether oxygens (including phenoxy) is 1. The van der Waals surface area contributed by atoms with Gasteiger partial charge in [-0.15, -0.1) is 0 Å². The summed E-state index contributed by atoms with van der Waals surface area (Å²) >= 11 is 0. The Balaban J connectivity index is 2.10. The molecule has 1 fully saturated rings. The van der Waals surface area contributed by atoms with Crippen LogP contribution in [0.1, 0.15) is 39.2 Å². The van der Waals surface area contributed by atoms with Gasteiger partial charge in [0.1, 0.15) is 6.33 Å². The van der Waals surface area contributed by atoms with Crippen molar-refractivity contribution in [1.29, 1.82) is 0 Å². The molecular formula is C14H21N5O. The molecule has 3 atom stereocenters. The molecule has 0 radical (unpaired) electrons. The standard InChI is InChI=1S/C14H21N5O/c1-4-9-5-6-10(8(9)2)19-12-11(18-14(19)15)13(20-3)17-7-16-12/h7-10H,4-6H2,1-3H3,(H2,15,18). The Labute approximate surface area is 118 Å². The molecule has 2 N–H and O–H groups in total. The maximum atomic E-state index is 6.13. The van der Waals surface area contributed by atoms with Crippen LogP contribution >= 0.6 is 0 Å². The van der Waals surface area contributed by atoms with Crippen molar-refractivity contribution in [3.8, 4) is 5.88 Å². The van der Waals surface area contributed by atoms with Crippen LogP contribution in [0.15, 0.2) is 6.33 Å². The van der Waals surface area contributed by atoms with Crippen LogP contribution < -0.4 is 10.5 Å².